The van der Waals surface area contributed by atoms with Gasteiger partial charge in [-0.2, -0.15) is 0 Å². The number of carbonyl (C=O) groups excluding carboxylic acids is 2. The molecule has 0 aromatic rings. The molecule has 0 aliphatic carbocycles. The topological polar surface area (TPSA) is 84.7 Å². The normalized spacial score (nSPS) is 19.9. The summed E-state index contributed by atoms with van der Waals surface area (Å²) in [5.41, 5.74) is 4.83. The van der Waals surface area contributed by atoms with E-state index in [1.807, 2.05) is 0 Å². The van der Waals surface area contributed by atoms with Crippen molar-refractivity contribution < 1.29 is 18.7 Å². The summed E-state index contributed by atoms with van der Waals surface area (Å²) in [4.78, 5) is 25.8. The first-order valence-electron chi connectivity index (χ1n) is 7.85. The molecule has 6 nitrogen and oxygen atoms in total. The molecule has 0 aromatic heterocycles. The van der Waals surface area contributed by atoms with Gasteiger partial charge in [-0.05, 0) is 53.0 Å². The van der Waals surface area contributed by atoms with Crippen LogP contribution < -0.4 is 11.1 Å². The van der Waals surface area contributed by atoms with Gasteiger partial charge < -0.3 is 20.7 Å². The summed E-state index contributed by atoms with van der Waals surface area (Å²) in [5, 5.41) is 2.61. The highest BCUT2D eigenvalue weighted by Crippen LogP contribution is 2.16. The lowest BCUT2D eigenvalue weighted by Gasteiger charge is -2.26. The summed E-state index contributed by atoms with van der Waals surface area (Å²) in [6.07, 6.45) is 0.710. The van der Waals surface area contributed by atoms with E-state index in [-0.39, 0.29) is 12.5 Å². The predicted molar refractivity (Wildman–Crippen MR) is 82.2 cm³/mol. The average Bonchev–Trinajstić information content (AvgIpc) is 2.81. The maximum atomic E-state index is 13.3. The number of nitrogens with two attached hydrogens (primary N) is 1. The highest BCUT2D eigenvalue weighted by molar-refractivity contribution is 5.86. The lowest BCUT2D eigenvalue weighted by atomic mass is 10.1. The Morgan fingerprint density at radius 3 is 2.59 bits per heavy atom. The lowest BCUT2D eigenvalue weighted by molar-refractivity contribution is -0.132. The maximum absolute atomic E-state index is 13.3. The van der Waals surface area contributed by atoms with Gasteiger partial charge in [0.15, 0.2) is 0 Å². The molecular formula is C15H28FN3O3. The minimum Gasteiger partial charge on any atom is -0.444 e. The van der Waals surface area contributed by atoms with Crippen LogP contribution in [0.5, 0.6) is 0 Å². The molecule has 128 valence electrons. The van der Waals surface area contributed by atoms with E-state index in [0.29, 0.717) is 25.9 Å². The zero-order chi connectivity index (χ0) is 16.8. The second-order valence-corrected chi connectivity index (χ2v) is 6.65. The molecule has 0 saturated carbocycles. The molecule has 7 heteroatoms. The molecule has 3 N–H and O–H groups in total. The summed E-state index contributed by atoms with van der Waals surface area (Å²) >= 11 is 0. The molecule has 22 heavy (non-hydrogen) atoms. The van der Waals surface area contributed by atoms with Crippen molar-refractivity contribution in [2.75, 3.05) is 19.6 Å². The Kier molecular flexibility index (Phi) is 7.06. The molecule has 1 aliphatic heterocycles. The molecule has 2 amide bonds. The fourth-order valence-electron chi connectivity index (χ4n) is 2.34. The minimum atomic E-state index is -0.977. The number of alkyl halides is 1. The molecular weight excluding hydrogens is 289 g/mol. The van der Waals surface area contributed by atoms with Gasteiger partial charge >= 0.3 is 6.09 Å². The maximum Gasteiger partial charge on any atom is 0.408 e. The third-order valence-electron chi connectivity index (χ3n) is 3.38. The van der Waals surface area contributed by atoms with E-state index < -0.39 is 23.9 Å². The summed E-state index contributed by atoms with van der Waals surface area (Å²) in [6.45, 7) is 6.29. The highest BCUT2D eigenvalue weighted by Gasteiger charge is 2.32. The number of unbranched alkanes of at least 4 members (excludes halogenated alkanes) is 1. The minimum absolute atomic E-state index is 0.0994. The van der Waals surface area contributed by atoms with Crippen LogP contribution in [-0.4, -0.2) is 54.3 Å². The molecule has 1 saturated heterocycles. The molecule has 0 bridgehead atoms. The van der Waals surface area contributed by atoms with Crippen molar-refractivity contribution in [1.82, 2.24) is 10.2 Å². The number of hydrogen-bond acceptors (Lipinski definition) is 4. The van der Waals surface area contributed by atoms with E-state index in [1.54, 1.807) is 20.8 Å². The number of likely N-dealkylation sites (tertiary alicyclic amines) is 1. The van der Waals surface area contributed by atoms with E-state index in [9.17, 15) is 14.0 Å². The van der Waals surface area contributed by atoms with Crippen LogP contribution in [0.25, 0.3) is 0 Å². The van der Waals surface area contributed by atoms with E-state index in [4.69, 9.17) is 10.5 Å². The van der Waals surface area contributed by atoms with Crippen molar-refractivity contribution in [3.8, 4) is 0 Å². The Labute approximate surface area is 131 Å². The van der Waals surface area contributed by atoms with Crippen LogP contribution in [-0.2, 0) is 9.53 Å². The van der Waals surface area contributed by atoms with E-state index >= 15 is 0 Å². The van der Waals surface area contributed by atoms with Gasteiger partial charge in [0.2, 0.25) is 5.91 Å². The molecule has 1 heterocycles. The standard InChI is InChI=1S/C15H28FN3O3/c1-15(2,3)22-14(21)18-12(6-4-5-8-17)13(20)19-9-7-11(16)10-19/h11-12H,4-10,17H2,1-3H3,(H,18,21). The number of nitrogens with zero attached hydrogens (tertiary/aromatic N) is 1. The van der Waals surface area contributed by atoms with Gasteiger partial charge in [0, 0.05) is 6.54 Å². The van der Waals surface area contributed by atoms with Crippen molar-refractivity contribution in [1.29, 1.82) is 0 Å². The second-order valence-electron chi connectivity index (χ2n) is 6.65. The third kappa shape index (κ3) is 6.60. The quantitative estimate of drug-likeness (QED) is 0.728. The van der Waals surface area contributed by atoms with Crippen LogP contribution in [0, 0.1) is 0 Å². The van der Waals surface area contributed by atoms with Crippen LogP contribution in [0.3, 0.4) is 0 Å². The zero-order valence-electron chi connectivity index (χ0n) is 13.7. The largest absolute Gasteiger partial charge is 0.444 e. The summed E-state index contributed by atoms with van der Waals surface area (Å²) in [7, 11) is 0. The van der Waals surface area contributed by atoms with Crippen molar-refractivity contribution in [2.24, 2.45) is 5.73 Å². The van der Waals surface area contributed by atoms with Crippen LogP contribution >= 0.6 is 0 Å². The number of rotatable bonds is 6. The molecule has 1 fully saturated rings. The average molecular weight is 317 g/mol. The fourth-order valence-corrected chi connectivity index (χ4v) is 2.34. The van der Waals surface area contributed by atoms with Gasteiger partial charge in [0.1, 0.15) is 17.8 Å². The number of halogens is 1. The van der Waals surface area contributed by atoms with E-state index in [1.165, 1.54) is 4.90 Å². The number of ether oxygens (including phenoxy) is 1. The third-order valence-corrected chi connectivity index (χ3v) is 3.38. The Hall–Kier alpha value is -1.37. The molecule has 1 aliphatic rings. The van der Waals surface area contributed by atoms with Gasteiger partial charge in [-0.25, -0.2) is 9.18 Å². The zero-order valence-corrected chi connectivity index (χ0v) is 13.7. The van der Waals surface area contributed by atoms with Crippen LogP contribution in [0.15, 0.2) is 0 Å². The molecule has 2 unspecified atom stereocenters. The van der Waals surface area contributed by atoms with Gasteiger partial charge in [0.25, 0.3) is 0 Å². The highest BCUT2D eigenvalue weighted by atomic mass is 19.1. The predicted octanol–water partition coefficient (Wildman–Crippen LogP) is 1.58. The van der Waals surface area contributed by atoms with E-state index in [0.717, 1.165) is 12.8 Å². The van der Waals surface area contributed by atoms with Gasteiger partial charge in [-0.3, -0.25) is 4.79 Å². The molecule has 0 radical (unpaired) electrons. The van der Waals surface area contributed by atoms with Crippen LogP contribution in [0.4, 0.5) is 9.18 Å². The van der Waals surface area contributed by atoms with Crippen molar-refractivity contribution >= 4 is 12.0 Å². The van der Waals surface area contributed by atoms with Crippen molar-refractivity contribution in [2.45, 2.75) is 64.3 Å². The Morgan fingerprint density at radius 1 is 1.41 bits per heavy atom. The summed E-state index contributed by atoms with van der Waals surface area (Å²) in [6, 6.07) is -0.688. The summed E-state index contributed by atoms with van der Waals surface area (Å²) in [5.74, 6) is -0.247. The SMILES string of the molecule is CC(C)(C)OC(=O)NC(CCCCN)C(=O)N1CCC(F)C1. The van der Waals surface area contributed by atoms with Crippen molar-refractivity contribution in [3.05, 3.63) is 0 Å². The first-order chi connectivity index (χ1) is 10.2. The fraction of sp³-hybridized carbons (Fsp3) is 0.867. The molecule has 0 aromatic carbocycles. The molecule has 1 rings (SSSR count). The number of hydrogen-bond donors (Lipinski definition) is 2. The Bertz CT molecular complexity index is 385. The first-order valence-corrected chi connectivity index (χ1v) is 7.85. The smallest absolute Gasteiger partial charge is 0.408 e. The van der Waals surface area contributed by atoms with Crippen LogP contribution in [0.1, 0.15) is 46.5 Å². The second kappa shape index (κ2) is 8.31. The molecule has 2 atom stereocenters. The van der Waals surface area contributed by atoms with Crippen molar-refractivity contribution in [3.63, 3.8) is 0 Å². The first kappa shape index (κ1) is 18.7. The lowest BCUT2D eigenvalue weighted by Crippen LogP contribution is -2.49. The van der Waals surface area contributed by atoms with Crippen LogP contribution in [0.2, 0.25) is 0 Å². The number of nitrogens with one attached hydrogen (secondary N) is 1. The Morgan fingerprint density at radius 2 is 2.09 bits per heavy atom. The molecule has 0 spiro atoms. The number of carbonyl (C=O) groups is 2. The van der Waals surface area contributed by atoms with Gasteiger partial charge in [-0.1, -0.05) is 0 Å². The Balaban J connectivity index is 2.62. The van der Waals surface area contributed by atoms with E-state index in [2.05, 4.69) is 5.32 Å². The summed E-state index contributed by atoms with van der Waals surface area (Å²) < 4.78 is 18.5. The monoisotopic (exact) mass is 317 g/mol. The number of amides is 2. The van der Waals surface area contributed by atoms with Gasteiger partial charge in [0.05, 0.1) is 6.54 Å². The number of alkyl carbamates (subject to hydrolysis) is 1. The van der Waals surface area contributed by atoms with Gasteiger partial charge in [-0.15, -0.1) is 0 Å².